The number of rotatable bonds is 23. The molecule has 0 bridgehead atoms. The van der Waals surface area contributed by atoms with Gasteiger partial charge in [0.15, 0.2) is 0 Å². The first-order chi connectivity index (χ1) is 40.0. The van der Waals surface area contributed by atoms with E-state index in [4.69, 9.17) is 28.4 Å². The Morgan fingerprint density at radius 2 is 0.988 bits per heavy atom. The number of hydrogen-bond donors (Lipinski definition) is 2. The Morgan fingerprint density at radius 3 is 1.42 bits per heavy atom. The fourth-order valence-electron chi connectivity index (χ4n) is 10.7. The van der Waals surface area contributed by atoms with E-state index in [2.05, 4.69) is 86.4 Å². The van der Waals surface area contributed by atoms with E-state index in [0.717, 1.165) is 56.1 Å². The molecule has 2 saturated carbocycles. The maximum absolute atomic E-state index is 12.0. The number of esters is 5. The lowest BCUT2D eigenvalue weighted by Crippen LogP contribution is -2.46. The molecule has 488 valence electrons. The van der Waals surface area contributed by atoms with E-state index in [-0.39, 0.29) is 89.0 Å². The van der Waals surface area contributed by atoms with Gasteiger partial charge in [-0.1, -0.05) is 182 Å². The van der Waals surface area contributed by atoms with E-state index in [1.807, 2.05) is 67.5 Å². The largest absolute Gasteiger partial charge is 0.465 e. The van der Waals surface area contributed by atoms with Crippen molar-refractivity contribution in [2.75, 3.05) is 39.6 Å². The fourth-order valence-corrected chi connectivity index (χ4v) is 10.7. The van der Waals surface area contributed by atoms with Gasteiger partial charge in [0.05, 0.1) is 48.7 Å². The summed E-state index contributed by atoms with van der Waals surface area (Å²) in [5, 5.41) is 5.89. The van der Waals surface area contributed by atoms with Crippen molar-refractivity contribution < 1.29 is 66.8 Å². The summed E-state index contributed by atoms with van der Waals surface area (Å²) in [7, 11) is 0. The predicted molar refractivity (Wildman–Crippen MR) is 342 cm³/mol. The van der Waals surface area contributed by atoms with Crippen molar-refractivity contribution in [3.8, 4) is 0 Å². The molecule has 0 heterocycles. The second kappa shape index (κ2) is 40.4. The first-order valence-corrected chi connectivity index (χ1v) is 31.4. The molecule has 2 N–H and O–H groups in total. The van der Waals surface area contributed by atoms with Gasteiger partial charge in [-0.15, -0.1) is 0 Å². The van der Waals surface area contributed by atoms with Crippen LogP contribution in [0.5, 0.6) is 0 Å². The number of carbonyl (C=O) groups is 8. The summed E-state index contributed by atoms with van der Waals surface area (Å²) in [5.74, 6) is -0.599. The molecule has 2 aliphatic carbocycles. The van der Waals surface area contributed by atoms with Crippen molar-refractivity contribution in [2.45, 2.75) is 221 Å². The highest BCUT2D eigenvalue weighted by molar-refractivity contribution is 6.02. The summed E-state index contributed by atoms with van der Waals surface area (Å²) in [4.78, 5) is 91.8. The first kappa shape index (κ1) is 79.9. The monoisotopic (exact) mass is 1210 g/mol. The highest BCUT2D eigenvalue weighted by Crippen LogP contribution is 2.49. The minimum absolute atomic E-state index is 0.0107. The van der Waals surface area contributed by atoms with Crippen molar-refractivity contribution in [3.63, 3.8) is 0 Å². The molecule has 4 unspecified atom stereocenters. The number of benzene rings is 2. The zero-order valence-electron chi connectivity index (χ0n) is 56.7. The maximum atomic E-state index is 12.0. The molecule has 0 saturated heterocycles. The van der Waals surface area contributed by atoms with Gasteiger partial charge in [0.1, 0.15) is 19.0 Å². The van der Waals surface area contributed by atoms with E-state index in [1.54, 1.807) is 56.3 Å². The Balaban J connectivity index is 0.00000110. The molecule has 0 aliphatic heterocycles. The van der Waals surface area contributed by atoms with Gasteiger partial charge in [0.2, 0.25) is 0 Å². The highest BCUT2D eigenvalue weighted by Gasteiger charge is 2.41. The van der Waals surface area contributed by atoms with Crippen molar-refractivity contribution in [2.24, 2.45) is 51.2 Å². The van der Waals surface area contributed by atoms with Crippen LogP contribution in [0.1, 0.15) is 247 Å². The molecular formula is C70H114N2O14. The molecule has 2 fully saturated rings. The van der Waals surface area contributed by atoms with E-state index in [9.17, 15) is 38.4 Å². The summed E-state index contributed by atoms with van der Waals surface area (Å²) in [6, 6.07) is 13.9. The Bertz CT molecular complexity index is 2350. The zero-order valence-corrected chi connectivity index (χ0v) is 56.7. The lowest BCUT2D eigenvalue weighted by atomic mass is 9.61. The van der Waals surface area contributed by atoms with Gasteiger partial charge in [-0.3, -0.25) is 19.2 Å². The summed E-state index contributed by atoms with van der Waals surface area (Å²) < 4.78 is 29.8. The molecule has 16 heteroatoms. The summed E-state index contributed by atoms with van der Waals surface area (Å²) in [6.07, 6.45) is 11.5. The van der Waals surface area contributed by atoms with Crippen LogP contribution < -0.4 is 10.6 Å². The van der Waals surface area contributed by atoms with Gasteiger partial charge in [0, 0.05) is 24.9 Å². The van der Waals surface area contributed by atoms with Crippen LogP contribution in [0.3, 0.4) is 0 Å². The van der Waals surface area contributed by atoms with E-state index < -0.39 is 18.0 Å². The van der Waals surface area contributed by atoms with Crippen molar-refractivity contribution in [1.29, 1.82) is 0 Å². The SMILES string of the molecule is C=Cc1ccc(C(=O)OC(=O)c2ccc(C(C)C)cc2)cc1.CC1CC(C)(C)CC(C)(CNC(=O)OCCOC(=O)C(C)C)C1.CCC1(C)CC(NC(=O)OCCCC(=O)C(C)C)CC(C)(C)C1.CCCOC(=O)C(C)C.CCCOC(=O)C(C)C. The number of alkyl carbamates (subject to hydrolysis) is 2. The fraction of sp³-hybridized carbons (Fsp3) is 0.686. The minimum atomic E-state index is -0.659. The molecule has 0 spiro atoms. The topological polar surface area (TPSA) is 216 Å². The Labute approximate surface area is 518 Å². The second-order valence-electron chi connectivity index (χ2n) is 27.0. The summed E-state index contributed by atoms with van der Waals surface area (Å²) in [5.41, 5.74) is 3.65. The van der Waals surface area contributed by atoms with Gasteiger partial charge in [-0.25, -0.2) is 19.2 Å². The van der Waals surface area contributed by atoms with Crippen LogP contribution >= 0.6 is 0 Å². The molecule has 0 radical (unpaired) electrons. The summed E-state index contributed by atoms with van der Waals surface area (Å²) >= 11 is 0. The van der Waals surface area contributed by atoms with Crippen LogP contribution in [0.15, 0.2) is 55.1 Å². The molecule has 4 atom stereocenters. The van der Waals surface area contributed by atoms with E-state index >= 15 is 0 Å². The van der Waals surface area contributed by atoms with Gasteiger partial charge in [-0.05, 0) is 127 Å². The second-order valence-corrected chi connectivity index (χ2v) is 27.0. The van der Waals surface area contributed by atoms with Gasteiger partial charge in [-0.2, -0.15) is 0 Å². The molecule has 16 nitrogen and oxygen atoms in total. The number of ketones is 1. The predicted octanol–water partition coefficient (Wildman–Crippen LogP) is 16.1. The molecule has 2 aromatic rings. The van der Waals surface area contributed by atoms with Crippen LogP contribution in [0.25, 0.3) is 6.08 Å². The molecular weight excluding hydrogens is 1090 g/mol. The quantitative estimate of drug-likeness (QED) is 0.0458. The average molecular weight is 1210 g/mol. The van der Waals surface area contributed by atoms with Crippen molar-refractivity contribution in [1.82, 2.24) is 10.6 Å². The number of amides is 2. The molecule has 0 aromatic heterocycles. The lowest BCUT2D eigenvalue weighted by Gasteiger charge is -2.46. The highest BCUT2D eigenvalue weighted by atomic mass is 16.6. The zero-order chi connectivity index (χ0) is 66.0. The molecule has 2 amide bonds. The number of nitrogens with one attached hydrogen (secondary N) is 2. The van der Waals surface area contributed by atoms with Crippen molar-refractivity contribution >= 4 is 53.9 Å². The van der Waals surface area contributed by atoms with Gasteiger partial charge >= 0.3 is 42.0 Å². The van der Waals surface area contributed by atoms with Crippen LogP contribution in [-0.4, -0.2) is 93.4 Å². The third-order valence-corrected chi connectivity index (χ3v) is 14.6. The normalized spacial score (nSPS) is 19.0. The van der Waals surface area contributed by atoms with Crippen LogP contribution in [0.2, 0.25) is 0 Å². The molecule has 4 rings (SSSR count). The third-order valence-electron chi connectivity index (χ3n) is 14.6. The van der Waals surface area contributed by atoms with E-state index in [1.165, 1.54) is 12.8 Å². The minimum Gasteiger partial charge on any atom is -0.465 e. The first-order valence-electron chi connectivity index (χ1n) is 31.4. The van der Waals surface area contributed by atoms with Crippen molar-refractivity contribution in [3.05, 3.63) is 77.4 Å². The maximum Gasteiger partial charge on any atom is 0.407 e. The summed E-state index contributed by atoms with van der Waals surface area (Å²) in [6.45, 7) is 46.8. The number of carbonyl (C=O) groups excluding carboxylic acids is 8. The van der Waals surface area contributed by atoms with Gasteiger partial charge < -0.3 is 39.1 Å². The van der Waals surface area contributed by atoms with Crippen LogP contribution in [-0.2, 0) is 47.6 Å². The average Bonchev–Trinajstić information content (AvgIpc) is 1.47. The molecule has 86 heavy (non-hydrogen) atoms. The van der Waals surface area contributed by atoms with Crippen LogP contribution in [0, 0.1) is 51.2 Å². The Morgan fingerprint density at radius 1 is 0.547 bits per heavy atom. The number of Topliss-reactive ketones (excluding diaryl/α,β-unsaturated/α-hetero) is 1. The third kappa shape index (κ3) is 34.9. The standard InChI is InChI=1S/C19H35NO3.C19H18O3.C18H33NO4.2C7H14O2/c1-7-19(6)12-15(11-18(4,5)13-19)20-17(22)23-10-8-9-16(21)14(2)3;1-4-14-5-7-16(8-6-14)18(20)22-19(21)17-11-9-15(10-12-17)13(2)3;1-13(2)15(20)22-7-8-23-16(21)19-12-18(6)10-14(3)9-17(4,5)11-18;2*1-4-5-9-7(8)6(2)3/h14-15H,7-13H2,1-6H3,(H,20,22);4-13H,1H2,2-3H3;13-14H,7-12H2,1-6H3,(H,19,21);2*6H,4-5H2,1-3H3. The van der Waals surface area contributed by atoms with Crippen LogP contribution in [0.4, 0.5) is 9.59 Å². The lowest BCUT2D eigenvalue weighted by molar-refractivity contribution is -0.148. The molecule has 2 aromatic carbocycles. The smallest absolute Gasteiger partial charge is 0.407 e. The Kier molecular flexibility index (Phi) is 37.6. The van der Waals surface area contributed by atoms with Gasteiger partial charge in [0.25, 0.3) is 0 Å². The molecule has 2 aliphatic rings. The number of ether oxygens (including phenoxy) is 6. The van der Waals surface area contributed by atoms with E-state index in [0.29, 0.717) is 67.6 Å². The number of hydrogen-bond acceptors (Lipinski definition) is 14. The Hall–Kier alpha value is -6.06.